The first-order chi connectivity index (χ1) is 13.0. The van der Waals surface area contributed by atoms with Crippen molar-refractivity contribution in [3.05, 3.63) is 53.6 Å². The summed E-state index contributed by atoms with van der Waals surface area (Å²) in [5.41, 5.74) is 1.86. The van der Waals surface area contributed by atoms with Crippen LogP contribution in [0.15, 0.2) is 42.5 Å². The Morgan fingerprint density at radius 1 is 1.04 bits per heavy atom. The highest BCUT2D eigenvalue weighted by atomic mass is 16.5. The Balaban J connectivity index is 1.99. The number of methoxy groups -OCH3 is 2. The molecule has 2 amide bonds. The standard InChI is InChI=1S/C20H24N2O5/c1-5-27-17-11-8-15(12-18(17)25-3)13(2)21-20(24)22-16-9-6-14(7-10-16)19(23)26-4/h6-13H,5H2,1-4H3,(H2,21,22,24). The number of esters is 1. The average Bonchev–Trinajstić information content (AvgIpc) is 2.68. The molecule has 7 heteroatoms. The van der Waals surface area contributed by atoms with Gasteiger partial charge in [-0.2, -0.15) is 0 Å². The van der Waals surface area contributed by atoms with Gasteiger partial charge in [-0.25, -0.2) is 9.59 Å². The Hall–Kier alpha value is -3.22. The minimum absolute atomic E-state index is 0.246. The number of hydrogen-bond donors (Lipinski definition) is 2. The van der Waals surface area contributed by atoms with Gasteiger partial charge < -0.3 is 24.8 Å². The van der Waals surface area contributed by atoms with E-state index in [-0.39, 0.29) is 12.1 Å². The number of carbonyl (C=O) groups excluding carboxylic acids is 2. The molecule has 0 radical (unpaired) electrons. The van der Waals surface area contributed by atoms with E-state index in [4.69, 9.17) is 9.47 Å². The highest BCUT2D eigenvalue weighted by molar-refractivity contribution is 5.92. The summed E-state index contributed by atoms with van der Waals surface area (Å²) in [6.45, 7) is 4.31. The van der Waals surface area contributed by atoms with E-state index in [1.54, 1.807) is 31.4 Å². The van der Waals surface area contributed by atoms with Crippen molar-refractivity contribution in [2.75, 3.05) is 26.1 Å². The van der Waals surface area contributed by atoms with Crippen molar-refractivity contribution in [1.82, 2.24) is 5.32 Å². The molecule has 1 unspecified atom stereocenters. The first-order valence-corrected chi connectivity index (χ1v) is 8.55. The fourth-order valence-electron chi connectivity index (χ4n) is 2.48. The number of ether oxygens (including phenoxy) is 3. The molecule has 0 aliphatic carbocycles. The number of amides is 2. The Kier molecular flexibility index (Phi) is 7.05. The summed E-state index contributed by atoms with van der Waals surface area (Å²) in [4.78, 5) is 23.7. The SMILES string of the molecule is CCOc1ccc(C(C)NC(=O)Nc2ccc(C(=O)OC)cc2)cc1OC. The first kappa shape index (κ1) is 20.1. The molecule has 144 valence electrons. The molecule has 2 aromatic rings. The molecule has 0 aromatic heterocycles. The Labute approximate surface area is 158 Å². The van der Waals surface area contributed by atoms with Crippen LogP contribution in [0.2, 0.25) is 0 Å². The summed E-state index contributed by atoms with van der Waals surface area (Å²) in [6.07, 6.45) is 0. The molecule has 0 fully saturated rings. The van der Waals surface area contributed by atoms with Crippen LogP contribution in [0.1, 0.15) is 35.8 Å². The van der Waals surface area contributed by atoms with Gasteiger partial charge in [-0.05, 0) is 55.8 Å². The summed E-state index contributed by atoms with van der Waals surface area (Å²) < 4.78 is 15.5. The van der Waals surface area contributed by atoms with Crippen LogP contribution in [-0.4, -0.2) is 32.8 Å². The average molecular weight is 372 g/mol. The second-order valence-corrected chi connectivity index (χ2v) is 5.73. The number of carbonyl (C=O) groups is 2. The lowest BCUT2D eigenvalue weighted by Crippen LogP contribution is -2.31. The van der Waals surface area contributed by atoms with E-state index < -0.39 is 5.97 Å². The summed E-state index contributed by atoms with van der Waals surface area (Å²) in [6, 6.07) is 11.4. The third-order valence-electron chi connectivity index (χ3n) is 3.90. The Bertz CT molecular complexity index is 789. The lowest BCUT2D eigenvalue weighted by Gasteiger charge is -2.17. The number of urea groups is 1. The van der Waals surface area contributed by atoms with E-state index in [0.717, 1.165) is 5.56 Å². The maximum atomic E-state index is 12.2. The van der Waals surface area contributed by atoms with Gasteiger partial charge in [0.15, 0.2) is 11.5 Å². The summed E-state index contributed by atoms with van der Waals surface area (Å²) >= 11 is 0. The molecule has 0 saturated carbocycles. The quantitative estimate of drug-likeness (QED) is 0.723. The topological polar surface area (TPSA) is 85.9 Å². The number of hydrogen-bond acceptors (Lipinski definition) is 5. The fourth-order valence-corrected chi connectivity index (χ4v) is 2.48. The molecule has 1 atom stereocenters. The molecule has 0 aliphatic rings. The van der Waals surface area contributed by atoms with Gasteiger partial charge >= 0.3 is 12.0 Å². The van der Waals surface area contributed by atoms with Crippen LogP contribution in [-0.2, 0) is 4.74 Å². The van der Waals surface area contributed by atoms with Gasteiger partial charge in [0.25, 0.3) is 0 Å². The predicted octanol–water partition coefficient (Wildman–Crippen LogP) is 3.76. The van der Waals surface area contributed by atoms with Gasteiger partial charge in [-0.1, -0.05) is 6.07 Å². The van der Waals surface area contributed by atoms with Crippen LogP contribution >= 0.6 is 0 Å². The first-order valence-electron chi connectivity index (χ1n) is 8.55. The van der Waals surface area contributed by atoms with Crippen LogP contribution in [0.3, 0.4) is 0 Å². The largest absolute Gasteiger partial charge is 0.493 e. The van der Waals surface area contributed by atoms with Crippen molar-refractivity contribution in [3.63, 3.8) is 0 Å². The van der Waals surface area contributed by atoms with E-state index in [0.29, 0.717) is 29.4 Å². The smallest absolute Gasteiger partial charge is 0.337 e. The molecular formula is C20H24N2O5. The van der Waals surface area contributed by atoms with Gasteiger partial charge in [0.05, 0.1) is 32.4 Å². The molecule has 0 spiro atoms. The van der Waals surface area contributed by atoms with Crippen molar-refractivity contribution in [2.24, 2.45) is 0 Å². The molecule has 27 heavy (non-hydrogen) atoms. The van der Waals surface area contributed by atoms with Gasteiger partial charge in [0.1, 0.15) is 0 Å². The third-order valence-corrected chi connectivity index (χ3v) is 3.90. The monoisotopic (exact) mass is 372 g/mol. The molecule has 0 heterocycles. The molecule has 2 N–H and O–H groups in total. The van der Waals surface area contributed by atoms with Gasteiger partial charge in [0.2, 0.25) is 0 Å². The maximum Gasteiger partial charge on any atom is 0.337 e. The molecule has 7 nitrogen and oxygen atoms in total. The van der Waals surface area contributed by atoms with Crippen molar-refractivity contribution in [2.45, 2.75) is 19.9 Å². The normalized spacial score (nSPS) is 11.3. The molecule has 2 rings (SSSR count). The van der Waals surface area contributed by atoms with Crippen LogP contribution in [0.4, 0.5) is 10.5 Å². The third kappa shape index (κ3) is 5.37. The lowest BCUT2D eigenvalue weighted by atomic mass is 10.1. The molecule has 0 aliphatic heterocycles. The van der Waals surface area contributed by atoms with Crippen LogP contribution in [0, 0.1) is 0 Å². The number of anilines is 1. The van der Waals surface area contributed by atoms with E-state index in [1.807, 2.05) is 32.0 Å². The number of benzene rings is 2. The van der Waals surface area contributed by atoms with Crippen LogP contribution < -0.4 is 20.1 Å². The van der Waals surface area contributed by atoms with E-state index in [1.165, 1.54) is 7.11 Å². The Morgan fingerprint density at radius 2 is 1.74 bits per heavy atom. The fraction of sp³-hybridized carbons (Fsp3) is 0.300. The summed E-state index contributed by atoms with van der Waals surface area (Å²) in [5, 5.41) is 5.59. The molecular weight excluding hydrogens is 348 g/mol. The van der Waals surface area contributed by atoms with Crippen molar-refractivity contribution in [1.29, 1.82) is 0 Å². The van der Waals surface area contributed by atoms with E-state index >= 15 is 0 Å². The second-order valence-electron chi connectivity index (χ2n) is 5.73. The van der Waals surface area contributed by atoms with Gasteiger partial charge in [-0.3, -0.25) is 0 Å². The van der Waals surface area contributed by atoms with Crippen molar-refractivity contribution in [3.8, 4) is 11.5 Å². The second kappa shape index (κ2) is 9.47. The number of nitrogens with one attached hydrogen (secondary N) is 2. The highest BCUT2D eigenvalue weighted by Gasteiger charge is 2.13. The van der Waals surface area contributed by atoms with Crippen molar-refractivity contribution >= 4 is 17.7 Å². The highest BCUT2D eigenvalue weighted by Crippen LogP contribution is 2.30. The zero-order valence-electron chi connectivity index (χ0n) is 15.9. The summed E-state index contributed by atoms with van der Waals surface area (Å²) in [7, 11) is 2.89. The van der Waals surface area contributed by atoms with E-state index in [2.05, 4.69) is 15.4 Å². The van der Waals surface area contributed by atoms with Crippen LogP contribution in [0.25, 0.3) is 0 Å². The zero-order valence-corrected chi connectivity index (χ0v) is 15.9. The number of rotatable bonds is 7. The lowest BCUT2D eigenvalue weighted by molar-refractivity contribution is 0.0600. The predicted molar refractivity (Wildman–Crippen MR) is 103 cm³/mol. The van der Waals surface area contributed by atoms with Crippen molar-refractivity contribution < 1.29 is 23.8 Å². The molecule has 0 saturated heterocycles. The van der Waals surface area contributed by atoms with E-state index in [9.17, 15) is 9.59 Å². The summed E-state index contributed by atoms with van der Waals surface area (Å²) in [5.74, 6) is 0.844. The maximum absolute atomic E-state index is 12.2. The zero-order chi connectivity index (χ0) is 19.8. The minimum Gasteiger partial charge on any atom is -0.493 e. The van der Waals surface area contributed by atoms with Gasteiger partial charge in [-0.15, -0.1) is 0 Å². The van der Waals surface area contributed by atoms with Gasteiger partial charge in [0, 0.05) is 5.69 Å². The minimum atomic E-state index is -0.427. The van der Waals surface area contributed by atoms with Crippen LogP contribution in [0.5, 0.6) is 11.5 Å². The Morgan fingerprint density at radius 3 is 2.33 bits per heavy atom. The molecule has 2 aromatic carbocycles. The molecule has 0 bridgehead atoms.